The van der Waals surface area contributed by atoms with Gasteiger partial charge in [0, 0.05) is 19.2 Å². The predicted molar refractivity (Wildman–Crippen MR) is 74.6 cm³/mol. The van der Waals surface area contributed by atoms with E-state index in [1.807, 2.05) is 42.5 Å². The number of halogens is 3. The van der Waals surface area contributed by atoms with E-state index in [9.17, 15) is 0 Å². The lowest BCUT2D eigenvalue weighted by atomic mass is 10.1. The Kier molecular flexibility index (Phi) is 3.54. The first-order valence-corrected chi connectivity index (χ1v) is 6.22. The Bertz CT molecular complexity index is 457. The van der Waals surface area contributed by atoms with Crippen LogP contribution in [0.4, 0.5) is 0 Å². The van der Waals surface area contributed by atoms with E-state index in [2.05, 4.69) is 22.6 Å². The van der Waals surface area contributed by atoms with Crippen LogP contribution in [0.15, 0.2) is 42.5 Å². The molecule has 0 aliphatic heterocycles. The molecule has 0 amide bonds. The minimum Gasteiger partial charge on any atom is -0.0843 e. The minimum absolute atomic E-state index is 0.737. The highest BCUT2D eigenvalue weighted by atomic mass is 127. The number of hydrogen-bond acceptors (Lipinski definition) is 0. The molecule has 0 spiro atoms. The summed E-state index contributed by atoms with van der Waals surface area (Å²) in [6.07, 6.45) is 0. The molecule has 0 aliphatic carbocycles. The average Bonchev–Trinajstić information content (AvgIpc) is 2.20. The average molecular weight is 349 g/mol. The summed E-state index contributed by atoms with van der Waals surface area (Å²) in [5.41, 5.74) is 2.16. The Balaban J connectivity index is 2.58. The highest BCUT2D eigenvalue weighted by molar-refractivity contribution is 14.1. The molecule has 0 N–H and O–H groups in total. The monoisotopic (exact) mass is 348 g/mol. The molecule has 2 aromatic rings. The molecule has 2 rings (SSSR count). The van der Waals surface area contributed by atoms with Gasteiger partial charge in [0.1, 0.15) is 0 Å². The summed E-state index contributed by atoms with van der Waals surface area (Å²) in [6.45, 7) is 0. The Morgan fingerprint density at radius 1 is 0.867 bits per heavy atom. The Labute approximate surface area is 112 Å². The van der Waals surface area contributed by atoms with Gasteiger partial charge < -0.3 is 0 Å². The first-order chi connectivity index (χ1) is 7.18. The van der Waals surface area contributed by atoms with Crippen LogP contribution in [0.25, 0.3) is 11.1 Å². The van der Waals surface area contributed by atoms with E-state index in [0.29, 0.717) is 0 Å². The van der Waals surface area contributed by atoms with Crippen LogP contribution in [-0.4, -0.2) is 0 Å². The second kappa shape index (κ2) is 4.73. The van der Waals surface area contributed by atoms with Crippen molar-refractivity contribution < 1.29 is 0 Å². The summed E-state index contributed by atoms with van der Waals surface area (Å²) < 4.78 is 1.14. The second-order valence-electron chi connectivity index (χ2n) is 3.10. The molecule has 0 aliphatic rings. The van der Waals surface area contributed by atoms with Gasteiger partial charge in [0.25, 0.3) is 0 Å². The van der Waals surface area contributed by atoms with Crippen LogP contribution in [-0.2, 0) is 0 Å². The summed E-state index contributed by atoms with van der Waals surface area (Å²) in [7, 11) is 0. The fourth-order valence-electron chi connectivity index (χ4n) is 1.39. The van der Waals surface area contributed by atoms with Gasteiger partial charge in [-0.15, -0.1) is 0 Å². The molecule has 0 saturated heterocycles. The van der Waals surface area contributed by atoms with Gasteiger partial charge in [-0.25, -0.2) is 0 Å². The van der Waals surface area contributed by atoms with Gasteiger partial charge in [-0.2, -0.15) is 0 Å². The van der Waals surface area contributed by atoms with Crippen molar-refractivity contribution in [2.45, 2.75) is 0 Å². The van der Waals surface area contributed by atoms with Crippen molar-refractivity contribution in [2.75, 3.05) is 0 Å². The predicted octanol–water partition coefficient (Wildman–Crippen LogP) is 5.27. The molecule has 3 heteroatoms. The van der Waals surface area contributed by atoms with E-state index >= 15 is 0 Å². The molecule has 0 saturated carbocycles. The van der Waals surface area contributed by atoms with Gasteiger partial charge >= 0.3 is 0 Å². The molecule has 0 radical (unpaired) electrons. The van der Waals surface area contributed by atoms with E-state index in [-0.39, 0.29) is 0 Å². The molecule has 0 bridgehead atoms. The van der Waals surface area contributed by atoms with Crippen molar-refractivity contribution in [2.24, 2.45) is 0 Å². The van der Waals surface area contributed by atoms with Gasteiger partial charge in [0.05, 0.1) is 0 Å². The van der Waals surface area contributed by atoms with Crippen LogP contribution in [0.5, 0.6) is 0 Å². The lowest BCUT2D eigenvalue weighted by molar-refractivity contribution is 1.58. The number of benzene rings is 2. The van der Waals surface area contributed by atoms with Crippen LogP contribution < -0.4 is 0 Å². The van der Waals surface area contributed by atoms with Crippen molar-refractivity contribution in [1.29, 1.82) is 0 Å². The summed E-state index contributed by atoms with van der Waals surface area (Å²) >= 11 is 14.3. The zero-order valence-electron chi connectivity index (χ0n) is 7.68. The smallest absolute Gasteiger partial charge is 0.0495 e. The zero-order valence-corrected chi connectivity index (χ0v) is 11.3. The largest absolute Gasteiger partial charge is 0.0843 e. The lowest BCUT2D eigenvalue weighted by Crippen LogP contribution is -1.83. The number of hydrogen-bond donors (Lipinski definition) is 0. The van der Waals surface area contributed by atoms with Gasteiger partial charge in [0.2, 0.25) is 0 Å². The minimum atomic E-state index is 0.737. The van der Waals surface area contributed by atoms with E-state index in [0.717, 1.165) is 24.7 Å². The molecule has 0 heterocycles. The molecule has 0 unspecified atom stereocenters. The molecular weight excluding hydrogens is 342 g/mol. The summed E-state index contributed by atoms with van der Waals surface area (Å²) in [5.74, 6) is 0. The van der Waals surface area contributed by atoms with Crippen LogP contribution in [0.1, 0.15) is 0 Å². The Morgan fingerprint density at radius 2 is 1.53 bits per heavy atom. The van der Waals surface area contributed by atoms with Gasteiger partial charge in [-0.05, 0) is 52.4 Å². The molecule has 0 aromatic heterocycles. The molecule has 2 aromatic carbocycles. The van der Waals surface area contributed by atoms with Crippen LogP contribution >= 0.6 is 45.8 Å². The molecule has 76 valence electrons. The van der Waals surface area contributed by atoms with E-state index in [1.54, 1.807) is 0 Å². The Morgan fingerprint density at radius 3 is 2.13 bits per heavy atom. The van der Waals surface area contributed by atoms with E-state index in [1.165, 1.54) is 0 Å². The summed E-state index contributed by atoms with van der Waals surface area (Å²) in [6, 6.07) is 13.6. The van der Waals surface area contributed by atoms with Crippen molar-refractivity contribution in [3.05, 3.63) is 56.1 Å². The maximum Gasteiger partial charge on any atom is 0.0495 e. The van der Waals surface area contributed by atoms with Crippen molar-refractivity contribution in [3.8, 4) is 11.1 Å². The first-order valence-electron chi connectivity index (χ1n) is 4.38. The second-order valence-corrected chi connectivity index (χ2v) is 5.11. The van der Waals surface area contributed by atoms with Crippen LogP contribution in [0.3, 0.4) is 0 Å². The Hall–Kier alpha value is -0.250. The van der Waals surface area contributed by atoms with Crippen molar-refractivity contribution in [1.82, 2.24) is 0 Å². The molecule has 15 heavy (non-hydrogen) atoms. The molecular formula is C12H7Cl2I. The quantitative estimate of drug-likeness (QED) is 0.616. The topological polar surface area (TPSA) is 0 Å². The van der Waals surface area contributed by atoms with Gasteiger partial charge in [-0.1, -0.05) is 41.4 Å². The van der Waals surface area contributed by atoms with Crippen LogP contribution in [0, 0.1) is 3.57 Å². The van der Waals surface area contributed by atoms with Gasteiger partial charge in [0.15, 0.2) is 0 Å². The maximum atomic E-state index is 6.17. The third-order valence-corrected chi connectivity index (χ3v) is 3.56. The summed E-state index contributed by atoms with van der Waals surface area (Å²) in [5, 5.41) is 1.50. The maximum absolute atomic E-state index is 6.17. The highest BCUT2D eigenvalue weighted by Gasteiger charge is 2.06. The standard InChI is InChI=1S/C12H7Cl2I/c13-9-6-4-8(5-7-9)12-10(14)2-1-3-11(12)15/h1-7H. The molecule has 0 fully saturated rings. The van der Waals surface area contributed by atoms with E-state index in [4.69, 9.17) is 23.2 Å². The van der Waals surface area contributed by atoms with Gasteiger partial charge in [-0.3, -0.25) is 0 Å². The SMILES string of the molecule is Clc1ccc(-c2c(Cl)cccc2I)cc1. The fraction of sp³-hybridized carbons (Fsp3) is 0. The van der Waals surface area contributed by atoms with Crippen LogP contribution in [0.2, 0.25) is 10.0 Å². The normalized spacial score (nSPS) is 10.3. The van der Waals surface area contributed by atoms with Crippen molar-refractivity contribution >= 4 is 45.8 Å². The fourth-order valence-corrected chi connectivity index (χ4v) is 2.77. The number of rotatable bonds is 1. The third-order valence-electron chi connectivity index (χ3n) is 2.10. The van der Waals surface area contributed by atoms with Crippen molar-refractivity contribution in [3.63, 3.8) is 0 Å². The highest BCUT2D eigenvalue weighted by Crippen LogP contribution is 2.32. The molecule has 0 atom stereocenters. The third kappa shape index (κ3) is 2.47. The summed E-state index contributed by atoms with van der Waals surface area (Å²) in [4.78, 5) is 0. The lowest BCUT2D eigenvalue weighted by Gasteiger charge is -2.07. The first kappa shape index (κ1) is 11.2. The van der Waals surface area contributed by atoms with E-state index < -0.39 is 0 Å². The molecule has 0 nitrogen and oxygen atoms in total. The zero-order chi connectivity index (χ0) is 10.8.